The molecular weight excluding hydrogens is 178 g/mol. The molecule has 3 nitrogen and oxygen atoms in total. The molecule has 0 aromatic rings. The number of hydrogen-bond acceptors (Lipinski definition) is 3. The average Bonchev–Trinajstić information content (AvgIpc) is 2.59. The lowest BCUT2D eigenvalue weighted by Crippen LogP contribution is -2.37. The first-order valence-electron chi connectivity index (χ1n) is 5.73. The van der Waals surface area contributed by atoms with Gasteiger partial charge < -0.3 is 15.2 Å². The number of aliphatic hydroxyl groups is 1. The van der Waals surface area contributed by atoms with Crippen LogP contribution in [0, 0.1) is 5.92 Å². The minimum absolute atomic E-state index is 0.302. The van der Waals surface area contributed by atoms with Gasteiger partial charge in [-0.1, -0.05) is 13.3 Å². The summed E-state index contributed by atoms with van der Waals surface area (Å²) >= 11 is 0. The zero-order valence-electron chi connectivity index (χ0n) is 9.33. The Labute approximate surface area is 86.8 Å². The van der Waals surface area contributed by atoms with Crippen LogP contribution in [0.15, 0.2) is 0 Å². The molecule has 1 rings (SSSR count). The van der Waals surface area contributed by atoms with E-state index in [0.29, 0.717) is 24.7 Å². The lowest BCUT2D eigenvalue weighted by Gasteiger charge is -2.20. The van der Waals surface area contributed by atoms with E-state index in [2.05, 4.69) is 19.2 Å². The van der Waals surface area contributed by atoms with Crippen molar-refractivity contribution in [1.29, 1.82) is 0 Å². The highest BCUT2D eigenvalue weighted by molar-refractivity contribution is 4.79. The molecule has 1 fully saturated rings. The van der Waals surface area contributed by atoms with Crippen molar-refractivity contribution in [2.45, 2.75) is 45.3 Å². The zero-order valence-corrected chi connectivity index (χ0v) is 9.33. The van der Waals surface area contributed by atoms with Gasteiger partial charge in [0.05, 0.1) is 6.10 Å². The highest BCUT2D eigenvalue weighted by Gasteiger charge is 2.23. The lowest BCUT2D eigenvalue weighted by molar-refractivity contribution is 0.112. The minimum Gasteiger partial charge on any atom is -0.396 e. The van der Waals surface area contributed by atoms with E-state index >= 15 is 0 Å². The van der Waals surface area contributed by atoms with E-state index in [1.165, 1.54) is 0 Å². The molecule has 0 bridgehead atoms. The molecule has 3 unspecified atom stereocenters. The highest BCUT2D eigenvalue weighted by Crippen LogP contribution is 2.14. The fourth-order valence-electron chi connectivity index (χ4n) is 1.95. The van der Waals surface area contributed by atoms with Crippen LogP contribution >= 0.6 is 0 Å². The Morgan fingerprint density at radius 2 is 2.36 bits per heavy atom. The summed E-state index contributed by atoms with van der Waals surface area (Å²) in [5, 5.41) is 12.4. The summed E-state index contributed by atoms with van der Waals surface area (Å²) in [6, 6.07) is 0.516. The molecular formula is C11H23NO2. The first-order valence-corrected chi connectivity index (χ1v) is 5.73. The van der Waals surface area contributed by atoms with E-state index in [1.54, 1.807) is 0 Å². The Morgan fingerprint density at radius 1 is 1.57 bits per heavy atom. The van der Waals surface area contributed by atoms with Crippen molar-refractivity contribution in [3.63, 3.8) is 0 Å². The van der Waals surface area contributed by atoms with Crippen LogP contribution in [0.3, 0.4) is 0 Å². The second kappa shape index (κ2) is 6.38. The lowest BCUT2D eigenvalue weighted by atomic mass is 10.0. The Hall–Kier alpha value is -0.120. The number of hydrogen-bond donors (Lipinski definition) is 2. The first-order chi connectivity index (χ1) is 6.77. The fourth-order valence-corrected chi connectivity index (χ4v) is 1.95. The van der Waals surface area contributed by atoms with Crippen molar-refractivity contribution in [2.24, 2.45) is 5.92 Å². The molecule has 0 radical (unpaired) electrons. The maximum absolute atomic E-state index is 8.86. The van der Waals surface area contributed by atoms with Gasteiger partial charge >= 0.3 is 0 Å². The Bertz CT molecular complexity index is 152. The van der Waals surface area contributed by atoms with Crippen LogP contribution in [-0.4, -0.2) is 37.0 Å². The molecule has 1 saturated heterocycles. The van der Waals surface area contributed by atoms with Crippen LogP contribution in [0.5, 0.6) is 0 Å². The summed E-state index contributed by atoms with van der Waals surface area (Å²) in [5.41, 5.74) is 0. The molecule has 14 heavy (non-hydrogen) atoms. The van der Waals surface area contributed by atoms with Crippen LogP contribution in [-0.2, 0) is 4.74 Å². The van der Waals surface area contributed by atoms with Crippen molar-refractivity contribution in [3.05, 3.63) is 0 Å². The molecule has 1 heterocycles. The summed E-state index contributed by atoms with van der Waals surface area (Å²) in [4.78, 5) is 0. The van der Waals surface area contributed by atoms with Crippen LogP contribution in [0.4, 0.5) is 0 Å². The van der Waals surface area contributed by atoms with Gasteiger partial charge in [0.2, 0.25) is 0 Å². The highest BCUT2D eigenvalue weighted by atomic mass is 16.5. The predicted molar refractivity (Wildman–Crippen MR) is 57.3 cm³/mol. The fraction of sp³-hybridized carbons (Fsp3) is 1.00. The van der Waals surface area contributed by atoms with E-state index in [-0.39, 0.29) is 0 Å². The molecule has 84 valence electrons. The van der Waals surface area contributed by atoms with Gasteiger partial charge in [-0.05, 0) is 32.2 Å². The second-order valence-electron chi connectivity index (χ2n) is 4.17. The van der Waals surface area contributed by atoms with E-state index in [1.807, 2.05) is 0 Å². The molecule has 2 N–H and O–H groups in total. The van der Waals surface area contributed by atoms with Gasteiger partial charge in [-0.2, -0.15) is 0 Å². The van der Waals surface area contributed by atoms with Gasteiger partial charge in [0.1, 0.15) is 0 Å². The summed E-state index contributed by atoms with van der Waals surface area (Å²) < 4.78 is 5.48. The van der Waals surface area contributed by atoms with E-state index in [9.17, 15) is 0 Å². The van der Waals surface area contributed by atoms with Crippen LogP contribution < -0.4 is 5.32 Å². The Balaban J connectivity index is 2.17. The van der Waals surface area contributed by atoms with Gasteiger partial charge in [0.25, 0.3) is 0 Å². The maximum Gasteiger partial charge on any atom is 0.0700 e. The van der Waals surface area contributed by atoms with Crippen LogP contribution in [0.2, 0.25) is 0 Å². The maximum atomic E-state index is 8.86. The van der Waals surface area contributed by atoms with Crippen molar-refractivity contribution in [3.8, 4) is 0 Å². The first kappa shape index (κ1) is 12.0. The third-order valence-electron chi connectivity index (χ3n) is 3.16. The molecule has 0 aromatic heterocycles. The number of nitrogens with one attached hydrogen (secondary N) is 1. The third-order valence-corrected chi connectivity index (χ3v) is 3.16. The normalized spacial score (nSPS) is 29.4. The van der Waals surface area contributed by atoms with Gasteiger partial charge in [0.15, 0.2) is 0 Å². The Morgan fingerprint density at radius 3 is 2.86 bits per heavy atom. The number of rotatable bonds is 6. The smallest absolute Gasteiger partial charge is 0.0700 e. The van der Waals surface area contributed by atoms with Crippen molar-refractivity contribution < 1.29 is 9.84 Å². The zero-order chi connectivity index (χ0) is 10.4. The summed E-state index contributed by atoms with van der Waals surface area (Å²) in [7, 11) is 0. The molecule has 0 aliphatic carbocycles. The van der Waals surface area contributed by atoms with E-state index in [4.69, 9.17) is 9.84 Å². The second-order valence-corrected chi connectivity index (χ2v) is 4.17. The van der Waals surface area contributed by atoms with Crippen LogP contribution in [0.25, 0.3) is 0 Å². The molecule has 0 saturated carbocycles. The van der Waals surface area contributed by atoms with E-state index in [0.717, 1.165) is 32.4 Å². The largest absolute Gasteiger partial charge is 0.396 e. The van der Waals surface area contributed by atoms with Crippen molar-refractivity contribution >= 4 is 0 Å². The molecule has 0 amide bonds. The molecule has 3 atom stereocenters. The molecule has 1 aliphatic rings. The topological polar surface area (TPSA) is 41.5 Å². The van der Waals surface area contributed by atoms with Gasteiger partial charge in [-0.3, -0.25) is 0 Å². The Kier molecular flexibility index (Phi) is 5.45. The third kappa shape index (κ3) is 3.56. The van der Waals surface area contributed by atoms with E-state index < -0.39 is 0 Å². The summed E-state index contributed by atoms with van der Waals surface area (Å²) in [5.74, 6) is 0.604. The molecule has 0 aromatic carbocycles. The quantitative estimate of drug-likeness (QED) is 0.677. The average molecular weight is 201 g/mol. The number of ether oxygens (including phenoxy) is 1. The molecule has 1 aliphatic heterocycles. The van der Waals surface area contributed by atoms with Gasteiger partial charge in [-0.15, -0.1) is 0 Å². The molecule has 0 spiro atoms. The molecule has 3 heteroatoms. The summed E-state index contributed by atoms with van der Waals surface area (Å²) in [6.45, 7) is 6.50. The SMILES string of the molecule is CCC(CCO)CNC1CCOC1C. The van der Waals surface area contributed by atoms with Gasteiger partial charge in [-0.25, -0.2) is 0 Å². The van der Waals surface area contributed by atoms with Gasteiger partial charge in [0, 0.05) is 19.3 Å². The number of aliphatic hydroxyl groups excluding tert-OH is 1. The van der Waals surface area contributed by atoms with Crippen molar-refractivity contribution in [2.75, 3.05) is 19.8 Å². The standard InChI is InChI=1S/C11H23NO2/c1-3-10(4-6-13)8-12-11-5-7-14-9(11)2/h9-13H,3-8H2,1-2H3. The summed E-state index contributed by atoms with van der Waals surface area (Å²) in [6.07, 6.45) is 3.51. The minimum atomic E-state index is 0.302. The monoisotopic (exact) mass is 201 g/mol. The van der Waals surface area contributed by atoms with Crippen molar-refractivity contribution in [1.82, 2.24) is 5.32 Å². The predicted octanol–water partition coefficient (Wildman–Crippen LogP) is 1.16. The van der Waals surface area contributed by atoms with Crippen LogP contribution in [0.1, 0.15) is 33.1 Å².